The molecule has 6 heteroatoms. The largest absolute Gasteiger partial charge is 0.317 e. The monoisotopic (exact) mass is 287 g/mol. The standard InChI is InChI=1S/C11H6BrN5/c12-9-1-8(4-15-5-9)6-17-7-16-10(2-13)11(17)3-14/h1,4-5,7H,6H2. The number of imidazole rings is 1. The molecule has 0 aromatic carbocycles. The molecule has 0 unspecified atom stereocenters. The third kappa shape index (κ3) is 2.32. The zero-order valence-corrected chi connectivity index (χ0v) is 10.2. The van der Waals surface area contributed by atoms with Gasteiger partial charge in [-0.25, -0.2) is 4.98 Å². The topological polar surface area (TPSA) is 78.3 Å². The van der Waals surface area contributed by atoms with Gasteiger partial charge in [0, 0.05) is 16.9 Å². The third-order valence-electron chi connectivity index (χ3n) is 2.16. The predicted molar refractivity (Wildman–Crippen MR) is 62.7 cm³/mol. The smallest absolute Gasteiger partial charge is 0.176 e. The number of halogens is 1. The number of pyridine rings is 1. The SMILES string of the molecule is N#Cc1ncn(Cc2cncc(Br)c2)c1C#N. The van der Waals surface area contributed by atoms with E-state index in [4.69, 9.17) is 10.5 Å². The summed E-state index contributed by atoms with van der Waals surface area (Å²) in [5.74, 6) is 0. The molecule has 0 atom stereocenters. The van der Waals surface area contributed by atoms with Crippen molar-refractivity contribution in [2.45, 2.75) is 6.54 Å². The Kier molecular flexibility index (Phi) is 3.17. The molecule has 2 aromatic rings. The Balaban J connectivity index is 2.35. The highest BCUT2D eigenvalue weighted by atomic mass is 79.9. The van der Waals surface area contributed by atoms with Crippen LogP contribution in [-0.4, -0.2) is 14.5 Å². The Morgan fingerprint density at radius 3 is 2.76 bits per heavy atom. The molecule has 0 bridgehead atoms. The zero-order chi connectivity index (χ0) is 12.3. The molecule has 17 heavy (non-hydrogen) atoms. The molecule has 0 amide bonds. The van der Waals surface area contributed by atoms with Gasteiger partial charge in [0.2, 0.25) is 0 Å². The van der Waals surface area contributed by atoms with Gasteiger partial charge in [-0.05, 0) is 27.6 Å². The average molecular weight is 288 g/mol. The number of nitriles is 2. The molecule has 0 aliphatic heterocycles. The molecule has 0 saturated heterocycles. The Bertz CT molecular complexity index is 632. The van der Waals surface area contributed by atoms with Crippen LogP contribution in [0.4, 0.5) is 0 Å². The summed E-state index contributed by atoms with van der Waals surface area (Å²) in [6.45, 7) is 0.462. The van der Waals surface area contributed by atoms with E-state index in [2.05, 4.69) is 25.9 Å². The zero-order valence-electron chi connectivity index (χ0n) is 8.63. The first-order valence-corrected chi connectivity index (χ1v) is 5.48. The van der Waals surface area contributed by atoms with Crippen molar-refractivity contribution in [3.05, 3.63) is 46.2 Å². The molecule has 2 heterocycles. The Labute approximate surface area is 106 Å². The maximum absolute atomic E-state index is 8.97. The first kappa shape index (κ1) is 11.3. The molecule has 5 nitrogen and oxygen atoms in total. The van der Waals surface area contributed by atoms with Crippen LogP contribution in [0.3, 0.4) is 0 Å². The van der Waals surface area contributed by atoms with Crippen LogP contribution in [-0.2, 0) is 6.54 Å². The van der Waals surface area contributed by atoms with Gasteiger partial charge >= 0.3 is 0 Å². The van der Waals surface area contributed by atoms with Crippen molar-refractivity contribution in [3.8, 4) is 12.1 Å². The lowest BCUT2D eigenvalue weighted by molar-refractivity contribution is 0.781. The number of hydrogen-bond donors (Lipinski definition) is 0. The van der Waals surface area contributed by atoms with E-state index >= 15 is 0 Å². The van der Waals surface area contributed by atoms with Crippen molar-refractivity contribution >= 4 is 15.9 Å². The summed E-state index contributed by atoms with van der Waals surface area (Å²) in [4.78, 5) is 7.91. The molecule has 2 rings (SSSR count). The van der Waals surface area contributed by atoms with Crippen molar-refractivity contribution in [1.29, 1.82) is 10.5 Å². The van der Waals surface area contributed by atoms with Gasteiger partial charge in [-0.2, -0.15) is 10.5 Å². The van der Waals surface area contributed by atoms with Gasteiger partial charge < -0.3 is 4.57 Å². The van der Waals surface area contributed by atoms with Crippen LogP contribution < -0.4 is 0 Å². The molecule has 2 aromatic heterocycles. The van der Waals surface area contributed by atoms with Crippen molar-refractivity contribution in [1.82, 2.24) is 14.5 Å². The summed E-state index contributed by atoms with van der Waals surface area (Å²) in [5, 5.41) is 17.7. The number of hydrogen-bond acceptors (Lipinski definition) is 4. The molecule has 0 spiro atoms. The van der Waals surface area contributed by atoms with E-state index in [1.807, 2.05) is 18.2 Å². The predicted octanol–water partition coefficient (Wildman–Crippen LogP) is 1.83. The minimum atomic E-state index is 0.149. The normalized spacial score (nSPS) is 9.59. The lowest BCUT2D eigenvalue weighted by Crippen LogP contribution is -2.01. The summed E-state index contributed by atoms with van der Waals surface area (Å²) in [7, 11) is 0. The van der Waals surface area contributed by atoms with Gasteiger partial charge in [0.1, 0.15) is 12.1 Å². The second-order valence-corrected chi connectivity index (χ2v) is 4.22. The Morgan fingerprint density at radius 2 is 2.12 bits per heavy atom. The maximum atomic E-state index is 8.97. The van der Waals surface area contributed by atoms with Crippen molar-refractivity contribution in [3.63, 3.8) is 0 Å². The van der Waals surface area contributed by atoms with Gasteiger partial charge in [0.15, 0.2) is 11.4 Å². The van der Waals surface area contributed by atoms with Crippen molar-refractivity contribution < 1.29 is 0 Å². The highest BCUT2D eigenvalue weighted by Crippen LogP contribution is 2.13. The average Bonchev–Trinajstić information content (AvgIpc) is 2.71. The van der Waals surface area contributed by atoms with Gasteiger partial charge in [-0.3, -0.25) is 4.98 Å². The van der Waals surface area contributed by atoms with Crippen LogP contribution in [0.15, 0.2) is 29.3 Å². The molecular formula is C11H6BrN5. The summed E-state index contributed by atoms with van der Waals surface area (Å²) < 4.78 is 2.50. The number of aromatic nitrogens is 3. The summed E-state index contributed by atoms with van der Waals surface area (Å²) in [6.07, 6.45) is 4.87. The quantitative estimate of drug-likeness (QED) is 0.844. The second kappa shape index (κ2) is 4.77. The van der Waals surface area contributed by atoms with Crippen LogP contribution in [0.2, 0.25) is 0 Å². The van der Waals surface area contributed by atoms with Crippen molar-refractivity contribution in [2.75, 3.05) is 0 Å². The minimum absolute atomic E-state index is 0.149. The number of rotatable bonds is 2. The first-order valence-electron chi connectivity index (χ1n) is 4.69. The molecule has 0 fully saturated rings. The second-order valence-electron chi connectivity index (χ2n) is 3.30. The van der Waals surface area contributed by atoms with Gasteiger partial charge in [0.05, 0.1) is 12.9 Å². The van der Waals surface area contributed by atoms with Gasteiger partial charge in [-0.1, -0.05) is 0 Å². The summed E-state index contributed by atoms with van der Waals surface area (Å²) >= 11 is 3.33. The molecule has 82 valence electrons. The highest BCUT2D eigenvalue weighted by Gasteiger charge is 2.10. The molecule has 0 N–H and O–H groups in total. The maximum Gasteiger partial charge on any atom is 0.176 e. The van der Waals surface area contributed by atoms with E-state index in [0.29, 0.717) is 6.54 Å². The van der Waals surface area contributed by atoms with E-state index in [9.17, 15) is 0 Å². The Hall–Kier alpha value is -2.18. The van der Waals surface area contributed by atoms with Gasteiger partial charge in [0.25, 0.3) is 0 Å². The van der Waals surface area contributed by atoms with E-state index in [-0.39, 0.29) is 11.4 Å². The lowest BCUT2D eigenvalue weighted by Gasteiger charge is -2.03. The van der Waals surface area contributed by atoms with Crippen LogP contribution in [0.25, 0.3) is 0 Å². The van der Waals surface area contributed by atoms with Crippen LogP contribution >= 0.6 is 15.9 Å². The third-order valence-corrected chi connectivity index (χ3v) is 2.60. The number of nitrogens with zero attached hydrogens (tertiary/aromatic N) is 5. The van der Waals surface area contributed by atoms with E-state index in [1.165, 1.54) is 6.33 Å². The van der Waals surface area contributed by atoms with E-state index < -0.39 is 0 Å². The van der Waals surface area contributed by atoms with Crippen LogP contribution in [0.1, 0.15) is 17.0 Å². The fraction of sp³-hybridized carbons (Fsp3) is 0.0909. The first-order chi connectivity index (χ1) is 8.24. The molecule has 0 aliphatic carbocycles. The Morgan fingerprint density at radius 1 is 1.29 bits per heavy atom. The minimum Gasteiger partial charge on any atom is -0.317 e. The van der Waals surface area contributed by atoms with Crippen LogP contribution in [0.5, 0.6) is 0 Å². The van der Waals surface area contributed by atoms with Crippen molar-refractivity contribution in [2.24, 2.45) is 0 Å². The highest BCUT2D eigenvalue weighted by molar-refractivity contribution is 9.10. The molecule has 0 saturated carbocycles. The van der Waals surface area contributed by atoms with Crippen LogP contribution in [0, 0.1) is 22.7 Å². The lowest BCUT2D eigenvalue weighted by atomic mass is 10.2. The van der Waals surface area contributed by atoms with Gasteiger partial charge in [-0.15, -0.1) is 0 Å². The summed E-state index contributed by atoms with van der Waals surface area (Å²) in [5.41, 5.74) is 1.35. The fourth-order valence-electron chi connectivity index (χ4n) is 1.44. The van der Waals surface area contributed by atoms with E-state index in [0.717, 1.165) is 10.0 Å². The summed E-state index contributed by atoms with van der Waals surface area (Å²) in [6, 6.07) is 5.76. The molecule has 0 aliphatic rings. The molecular weight excluding hydrogens is 282 g/mol. The van der Waals surface area contributed by atoms with E-state index in [1.54, 1.807) is 17.0 Å². The fourth-order valence-corrected chi connectivity index (χ4v) is 1.85. The molecule has 0 radical (unpaired) electrons.